The summed E-state index contributed by atoms with van der Waals surface area (Å²) in [6.45, 7) is 3.57. The summed E-state index contributed by atoms with van der Waals surface area (Å²) < 4.78 is 0. The highest BCUT2D eigenvalue weighted by Crippen LogP contribution is 2.25. The summed E-state index contributed by atoms with van der Waals surface area (Å²) in [5.74, 6) is -0.597. The highest BCUT2D eigenvalue weighted by molar-refractivity contribution is 7.99. The first-order valence-corrected chi connectivity index (χ1v) is 4.93. The van der Waals surface area contributed by atoms with Gasteiger partial charge in [-0.3, -0.25) is 0 Å². The summed E-state index contributed by atoms with van der Waals surface area (Å²) >= 11 is 1.48. The van der Waals surface area contributed by atoms with Crippen molar-refractivity contribution in [1.82, 2.24) is 0 Å². The van der Waals surface area contributed by atoms with Crippen molar-refractivity contribution in [2.75, 3.05) is 5.75 Å². The molecule has 1 aromatic carbocycles. The molecule has 0 bridgehead atoms. The van der Waals surface area contributed by atoms with E-state index in [1.807, 2.05) is 0 Å². The minimum Gasteiger partial charge on any atom is -0.507 e. The van der Waals surface area contributed by atoms with E-state index in [1.165, 1.54) is 23.9 Å². The highest BCUT2D eigenvalue weighted by Gasteiger charge is 2.09. The average molecular weight is 210 g/mol. The van der Waals surface area contributed by atoms with E-state index in [2.05, 4.69) is 6.58 Å². The second kappa shape index (κ2) is 4.72. The van der Waals surface area contributed by atoms with Gasteiger partial charge in [-0.1, -0.05) is 6.08 Å². The van der Waals surface area contributed by atoms with E-state index in [0.29, 0.717) is 0 Å². The SMILES string of the molecule is C=CCSc1ccc(C(=O)O)c(O)c1. The molecule has 0 saturated carbocycles. The van der Waals surface area contributed by atoms with E-state index in [0.717, 1.165) is 10.6 Å². The third kappa shape index (κ3) is 2.53. The number of hydrogen-bond donors (Lipinski definition) is 2. The summed E-state index contributed by atoms with van der Waals surface area (Å²) in [7, 11) is 0. The minimum absolute atomic E-state index is 0.0760. The van der Waals surface area contributed by atoms with Gasteiger partial charge in [-0.2, -0.15) is 0 Å². The second-order valence-electron chi connectivity index (χ2n) is 2.58. The summed E-state index contributed by atoms with van der Waals surface area (Å²) in [5, 5.41) is 18.0. The maximum Gasteiger partial charge on any atom is 0.339 e. The lowest BCUT2D eigenvalue weighted by Crippen LogP contribution is -1.96. The van der Waals surface area contributed by atoms with Gasteiger partial charge in [-0.25, -0.2) is 4.79 Å². The van der Waals surface area contributed by atoms with Gasteiger partial charge < -0.3 is 10.2 Å². The summed E-state index contributed by atoms with van der Waals surface area (Å²) in [5.41, 5.74) is -0.0760. The molecule has 14 heavy (non-hydrogen) atoms. The molecule has 0 heterocycles. The number of carboxylic acids is 1. The molecule has 1 aromatic rings. The molecule has 0 aliphatic heterocycles. The molecule has 0 radical (unpaired) electrons. The monoisotopic (exact) mass is 210 g/mol. The van der Waals surface area contributed by atoms with Crippen LogP contribution in [-0.2, 0) is 0 Å². The maximum atomic E-state index is 10.6. The first-order valence-electron chi connectivity index (χ1n) is 3.95. The fourth-order valence-electron chi connectivity index (χ4n) is 0.937. The van der Waals surface area contributed by atoms with E-state index >= 15 is 0 Å². The van der Waals surface area contributed by atoms with Gasteiger partial charge in [0, 0.05) is 10.6 Å². The molecule has 0 unspecified atom stereocenters. The van der Waals surface area contributed by atoms with Gasteiger partial charge in [-0.15, -0.1) is 18.3 Å². The van der Waals surface area contributed by atoms with Crippen molar-refractivity contribution in [3.63, 3.8) is 0 Å². The van der Waals surface area contributed by atoms with Gasteiger partial charge in [0.05, 0.1) is 0 Å². The average Bonchev–Trinajstić information content (AvgIpc) is 2.14. The Morgan fingerprint density at radius 2 is 2.29 bits per heavy atom. The van der Waals surface area contributed by atoms with Crippen molar-refractivity contribution in [3.8, 4) is 5.75 Å². The molecule has 2 N–H and O–H groups in total. The number of rotatable bonds is 4. The Hall–Kier alpha value is -1.42. The van der Waals surface area contributed by atoms with Crippen LogP contribution in [0.25, 0.3) is 0 Å². The number of aromatic carboxylic acids is 1. The highest BCUT2D eigenvalue weighted by atomic mass is 32.2. The number of thioether (sulfide) groups is 1. The van der Waals surface area contributed by atoms with E-state index < -0.39 is 5.97 Å². The zero-order valence-electron chi connectivity index (χ0n) is 7.43. The fraction of sp³-hybridized carbons (Fsp3) is 0.100. The van der Waals surface area contributed by atoms with Gasteiger partial charge >= 0.3 is 5.97 Å². The zero-order valence-corrected chi connectivity index (χ0v) is 8.25. The van der Waals surface area contributed by atoms with Crippen molar-refractivity contribution in [2.45, 2.75) is 4.90 Å². The fourth-order valence-corrected chi connectivity index (χ4v) is 1.61. The van der Waals surface area contributed by atoms with Crippen LogP contribution in [0.3, 0.4) is 0 Å². The number of carbonyl (C=O) groups is 1. The Balaban J connectivity index is 2.88. The Labute approximate surface area is 86.1 Å². The van der Waals surface area contributed by atoms with Gasteiger partial charge in [0.25, 0.3) is 0 Å². The van der Waals surface area contributed by atoms with Crippen LogP contribution in [0.15, 0.2) is 35.7 Å². The van der Waals surface area contributed by atoms with Crippen molar-refractivity contribution in [3.05, 3.63) is 36.4 Å². The van der Waals surface area contributed by atoms with Crippen LogP contribution in [-0.4, -0.2) is 21.9 Å². The van der Waals surface area contributed by atoms with E-state index in [4.69, 9.17) is 5.11 Å². The van der Waals surface area contributed by atoms with Crippen molar-refractivity contribution in [1.29, 1.82) is 0 Å². The van der Waals surface area contributed by atoms with Gasteiger partial charge in [0.15, 0.2) is 0 Å². The number of phenols is 1. The van der Waals surface area contributed by atoms with Crippen LogP contribution >= 0.6 is 11.8 Å². The molecule has 1 rings (SSSR count). The van der Waals surface area contributed by atoms with Crippen LogP contribution in [0.5, 0.6) is 5.75 Å². The third-order valence-corrected chi connectivity index (χ3v) is 2.56. The normalized spacial score (nSPS) is 9.71. The number of benzene rings is 1. The molecule has 0 aromatic heterocycles. The van der Waals surface area contributed by atoms with Gasteiger partial charge in [0.1, 0.15) is 11.3 Å². The Morgan fingerprint density at radius 1 is 1.57 bits per heavy atom. The molecule has 0 amide bonds. The van der Waals surface area contributed by atoms with Crippen molar-refractivity contribution < 1.29 is 15.0 Å². The van der Waals surface area contributed by atoms with Crippen LogP contribution in [0.1, 0.15) is 10.4 Å². The standard InChI is InChI=1S/C10H10O3S/c1-2-5-14-7-3-4-8(10(12)13)9(11)6-7/h2-4,6,11H,1,5H2,(H,12,13). The lowest BCUT2D eigenvalue weighted by molar-refractivity contribution is 0.0693. The number of aromatic hydroxyl groups is 1. The molecular formula is C10H10O3S. The number of carboxylic acid groups (broad SMARTS) is 1. The van der Waals surface area contributed by atoms with E-state index in [1.54, 1.807) is 12.1 Å². The maximum absolute atomic E-state index is 10.6. The second-order valence-corrected chi connectivity index (χ2v) is 3.68. The molecule has 3 nitrogen and oxygen atoms in total. The summed E-state index contributed by atoms with van der Waals surface area (Å²) in [6, 6.07) is 4.50. The zero-order chi connectivity index (χ0) is 10.6. The quantitative estimate of drug-likeness (QED) is 0.591. The molecule has 0 aliphatic rings. The number of hydrogen-bond acceptors (Lipinski definition) is 3. The molecular weight excluding hydrogens is 200 g/mol. The van der Waals surface area contributed by atoms with Crippen molar-refractivity contribution >= 4 is 17.7 Å². The third-order valence-electron chi connectivity index (χ3n) is 1.57. The topological polar surface area (TPSA) is 57.5 Å². The van der Waals surface area contributed by atoms with E-state index in [-0.39, 0.29) is 11.3 Å². The molecule has 0 atom stereocenters. The molecule has 0 spiro atoms. The first kappa shape index (κ1) is 10.7. The van der Waals surface area contributed by atoms with Crippen LogP contribution in [0.4, 0.5) is 0 Å². The predicted molar refractivity (Wildman–Crippen MR) is 56.0 cm³/mol. The molecule has 0 aliphatic carbocycles. The largest absolute Gasteiger partial charge is 0.507 e. The Morgan fingerprint density at radius 3 is 2.79 bits per heavy atom. The lowest BCUT2D eigenvalue weighted by atomic mass is 10.2. The van der Waals surface area contributed by atoms with Crippen LogP contribution in [0.2, 0.25) is 0 Å². The lowest BCUT2D eigenvalue weighted by Gasteiger charge is -2.02. The minimum atomic E-state index is -1.12. The van der Waals surface area contributed by atoms with Gasteiger partial charge in [0.2, 0.25) is 0 Å². The van der Waals surface area contributed by atoms with Crippen LogP contribution in [0, 0.1) is 0 Å². The van der Waals surface area contributed by atoms with E-state index in [9.17, 15) is 9.90 Å². The predicted octanol–water partition coefficient (Wildman–Crippen LogP) is 2.37. The molecule has 74 valence electrons. The van der Waals surface area contributed by atoms with Crippen molar-refractivity contribution in [2.24, 2.45) is 0 Å². The molecule has 4 heteroatoms. The molecule has 0 saturated heterocycles. The Kier molecular flexibility index (Phi) is 3.59. The van der Waals surface area contributed by atoms with Gasteiger partial charge in [-0.05, 0) is 18.2 Å². The van der Waals surface area contributed by atoms with Crippen LogP contribution < -0.4 is 0 Å². The smallest absolute Gasteiger partial charge is 0.339 e. The first-order chi connectivity index (χ1) is 6.65. The summed E-state index contributed by atoms with van der Waals surface area (Å²) in [4.78, 5) is 11.4. The summed E-state index contributed by atoms with van der Waals surface area (Å²) in [6.07, 6.45) is 1.74. The Bertz CT molecular complexity index is 360. The molecule has 0 fully saturated rings.